The van der Waals surface area contributed by atoms with Crippen LogP contribution in [-0.4, -0.2) is 4.98 Å². The first-order valence-corrected chi connectivity index (χ1v) is 6.22. The van der Waals surface area contributed by atoms with Gasteiger partial charge >= 0.3 is 0 Å². The van der Waals surface area contributed by atoms with E-state index in [0.717, 1.165) is 11.4 Å². The Bertz CT molecular complexity index is 490. The fraction of sp³-hybridized carbons (Fsp3) is 0.250. The Kier molecular flexibility index (Phi) is 3.58. The van der Waals surface area contributed by atoms with Crippen LogP contribution in [0.4, 0.5) is 15.8 Å². The first-order chi connectivity index (χ1) is 8.17. The maximum atomic E-state index is 13.1. The summed E-state index contributed by atoms with van der Waals surface area (Å²) in [5.74, 6) is -0.333. The molecule has 0 aliphatic carbocycles. The van der Waals surface area contributed by atoms with Gasteiger partial charge in [0.25, 0.3) is 0 Å². The predicted molar refractivity (Wildman–Crippen MR) is 69.6 cm³/mol. The third-order valence-corrected chi connectivity index (χ3v) is 3.46. The van der Waals surface area contributed by atoms with Gasteiger partial charge in [-0.3, -0.25) is 0 Å². The van der Waals surface area contributed by atoms with Gasteiger partial charge in [-0.05, 0) is 24.6 Å². The quantitative estimate of drug-likeness (QED) is 0.821. The number of nitrogens with one attached hydrogen (secondary N) is 1. The summed E-state index contributed by atoms with van der Waals surface area (Å²) in [4.78, 5) is 5.53. The minimum Gasteiger partial charge on any atom is -0.399 e. The smallest absolute Gasteiger partial charge is 0.127 e. The van der Waals surface area contributed by atoms with Crippen molar-refractivity contribution >= 4 is 22.7 Å². The monoisotopic (exact) mass is 251 g/mol. The number of anilines is 2. The third-order valence-electron chi connectivity index (χ3n) is 2.31. The second kappa shape index (κ2) is 5.14. The van der Waals surface area contributed by atoms with Crippen LogP contribution >= 0.6 is 11.3 Å². The van der Waals surface area contributed by atoms with E-state index in [9.17, 15) is 4.39 Å². The Morgan fingerprint density at radius 2 is 2.24 bits per heavy atom. The lowest BCUT2D eigenvalue weighted by Crippen LogP contribution is -2.00. The number of thiazole rings is 1. The van der Waals surface area contributed by atoms with Crippen LogP contribution in [0, 0.1) is 5.82 Å². The van der Waals surface area contributed by atoms with Crippen molar-refractivity contribution in [2.24, 2.45) is 0 Å². The maximum Gasteiger partial charge on any atom is 0.127 e. The van der Waals surface area contributed by atoms with Crippen molar-refractivity contribution in [3.63, 3.8) is 0 Å². The molecule has 0 spiro atoms. The van der Waals surface area contributed by atoms with Gasteiger partial charge in [-0.2, -0.15) is 0 Å². The van der Waals surface area contributed by atoms with Crippen molar-refractivity contribution in [1.82, 2.24) is 4.98 Å². The van der Waals surface area contributed by atoms with Crippen LogP contribution in [0.15, 0.2) is 24.4 Å². The van der Waals surface area contributed by atoms with Crippen LogP contribution in [-0.2, 0) is 13.0 Å². The molecule has 0 radical (unpaired) electrons. The lowest BCUT2D eigenvalue weighted by molar-refractivity contribution is 0.629. The summed E-state index contributed by atoms with van der Waals surface area (Å²) >= 11 is 1.66. The Morgan fingerprint density at radius 1 is 1.41 bits per heavy atom. The highest BCUT2D eigenvalue weighted by Crippen LogP contribution is 2.18. The lowest BCUT2D eigenvalue weighted by atomic mass is 10.2. The molecule has 0 fully saturated rings. The first kappa shape index (κ1) is 11.9. The zero-order valence-corrected chi connectivity index (χ0v) is 10.4. The number of nitrogens with zero attached hydrogens (tertiary/aromatic N) is 1. The van der Waals surface area contributed by atoms with Crippen LogP contribution in [0.25, 0.3) is 0 Å². The summed E-state index contributed by atoms with van der Waals surface area (Å²) in [6, 6.07) is 4.42. The summed E-state index contributed by atoms with van der Waals surface area (Å²) < 4.78 is 13.1. The van der Waals surface area contributed by atoms with Gasteiger partial charge < -0.3 is 11.1 Å². The molecule has 17 heavy (non-hydrogen) atoms. The molecule has 90 valence electrons. The molecule has 1 heterocycles. The van der Waals surface area contributed by atoms with Gasteiger partial charge in [-0.15, -0.1) is 11.3 Å². The van der Waals surface area contributed by atoms with E-state index >= 15 is 0 Å². The molecule has 0 aliphatic heterocycles. The van der Waals surface area contributed by atoms with Crippen LogP contribution in [0.3, 0.4) is 0 Å². The molecule has 1 aromatic heterocycles. The van der Waals surface area contributed by atoms with Crippen molar-refractivity contribution in [1.29, 1.82) is 0 Å². The van der Waals surface area contributed by atoms with Gasteiger partial charge in [-0.25, -0.2) is 9.37 Å². The van der Waals surface area contributed by atoms with Crippen molar-refractivity contribution in [2.75, 3.05) is 11.1 Å². The number of rotatable bonds is 4. The van der Waals surface area contributed by atoms with Gasteiger partial charge in [0.1, 0.15) is 10.8 Å². The van der Waals surface area contributed by atoms with Gasteiger partial charge in [-0.1, -0.05) is 6.92 Å². The molecular weight excluding hydrogens is 237 g/mol. The van der Waals surface area contributed by atoms with Crippen molar-refractivity contribution < 1.29 is 4.39 Å². The fourth-order valence-electron chi connectivity index (χ4n) is 1.49. The van der Waals surface area contributed by atoms with E-state index in [0.29, 0.717) is 17.9 Å². The van der Waals surface area contributed by atoms with Gasteiger partial charge in [0, 0.05) is 22.4 Å². The topological polar surface area (TPSA) is 50.9 Å². The largest absolute Gasteiger partial charge is 0.399 e. The highest BCUT2D eigenvalue weighted by atomic mass is 32.1. The number of halogens is 1. The van der Waals surface area contributed by atoms with Crippen molar-refractivity contribution in [2.45, 2.75) is 19.9 Å². The molecule has 0 unspecified atom stereocenters. The predicted octanol–water partition coefficient (Wildman–Crippen LogP) is 3.04. The zero-order chi connectivity index (χ0) is 12.3. The molecule has 0 aliphatic rings. The molecule has 2 aromatic rings. The van der Waals surface area contributed by atoms with E-state index in [-0.39, 0.29) is 5.82 Å². The van der Waals surface area contributed by atoms with Crippen LogP contribution in [0.2, 0.25) is 0 Å². The summed E-state index contributed by atoms with van der Waals surface area (Å²) in [6.45, 7) is 2.69. The van der Waals surface area contributed by atoms with E-state index in [1.165, 1.54) is 17.0 Å². The van der Waals surface area contributed by atoms with Gasteiger partial charge in [0.05, 0.1) is 6.54 Å². The second-order valence-corrected chi connectivity index (χ2v) is 4.90. The highest BCUT2D eigenvalue weighted by molar-refractivity contribution is 7.11. The first-order valence-electron chi connectivity index (χ1n) is 5.41. The normalized spacial score (nSPS) is 10.5. The molecule has 0 atom stereocenters. The molecular formula is C12H14FN3S. The van der Waals surface area contributed by atoms with E-state index in [1.807, 2.05) is 6.20 Å². The number of nitrogens with two attached hydrogens (primary N) is 1. The number of benzene rings is 1. The molecule has 5 heteroatoms. The van der Waals surface area contributed by atoms with Crippen molar-refractivity contribution in [3.05, 3.63) is 40.1 Å². The van der Waals surface area contributed by atoms with Gasteiger partial charge in [0.2, 0.25) is 0 Å². The van der Waals surface area contributed by atoms with Crippen LogP contribution in [0.1, 0.15) is 16.8 Å². The molecule has 0 amide bonds. The standard InChI is InChI=1S/C12H14FN3S/c1-2-11-6-16-12(17-11)7-15-10-4-8(13)3-9(14)5-10/h3-6,15H,2,7,14H2,1H3. The summed E-state index contributed by atoms with van der Waals surface area (Å²) in [5.41, 5.74) is 6.66. The zero-order valence-electron chi connectivity index (χ0n) is 9.53. The number of nitrogen functional groups attached to an aromatic ring is 1. The van der Waals surface area contributed by atoms with E-state index in [2.05, 4.69) is 17.2 Å². The third kappa shape index (κ3) is 3.17. The van der Waals surface area contributed by atoms with E-state index in [1.54, 1.807) is 17.4 Å². The van der Waals surface area contributed by atoms with E-state index in [4.69, 9.17) is 5.73 Å². The number of hydrogen-bond donors (Lipinski definition) is 2. The Labute approximate surface area is 103 Å². The number of aromatic nitrogens is 1. The molecule has 0 saturated carbocycles. The maximum absolute atomic E-state index is 13.1. The van der Waals surface area contributed by atoms with Crippen molar-refractivity contribution in [3.8, 4) is 0 Å². The summed E-state index contributed by atoms with van der Waals surface area (Å²) in [5, 5.41) is 4.10. The summed E-state index contributed by atoms with van der Waals surface area (Å²) in [7, 11) is 0. The minimum absolute atomic E-state index is 0.333. The minimum atomic E-state index is -0.333. The fourth-order valence-corrected chi connectivity index (χ4v) is 2.29. The summed E-state index contributed by atoms with van der Waals surface area (Å²) in [6.07, 6.45) is 2.87. The SMILES string of the molecule is CCc1cnc(CNc2cc(N)cc(F)c2)s1. The highest BCUT2D eigenvalue weighted by Gasteiger charge is 2.02. The molecule has 0 bridgehead atoms. The number of hydrogen-bond acceptors (Lipinski definition) is 4. The lowest BCUT2D eigenvalue weighted by Gasteiger charge is -2.05. The Balaban J connectivity index is 2.01. The molecule has 3 nitrogen and oxygen atoms in total. The van der Waals surface area contributed by atoms with Crippen LogP contribution in [0.5, 0.6) is 0 Å². The average Bonchev–Trinajstić information content (AvgIpc) is 2.73. The average molecular weight is 251 g/mol. The van der Waals surface area contributed by atoms with Crippen LogP contribution < -0.4 is 11.1 Å². The molecule has 0 saturated heterocycles. The molecule has 1 aromatic carbocycles. The van der Waals surface area contributed by atoms with E-state index < -0.39 is 0 Å². The second-order valence-electron chi connectivity index (χ2n) is 3.70. The Hall–Kier alpha value is -1.62. The number of aryl methyl sites for hydroxylation is 1. The molecule has 2 rings (SSSR count). The van der Waals surface area contributed by atoms with Gasteiger partial charge in [0.15, 0.2) is 0 Å². The Morgan fingerprint density at radius 3 is 2.88 bits per heavy atom. The molecule has 3 N–H and O–H groups in total.